The van der Waals surface area contributed by atoms with E-state index in [9.17, 15) is 4.79 Å². The number of hydrogen-bond donors (Lipinski definition) is 0. The van der Waals surface area contributed by atoms with Crippen molar-refractivity contribution in [2.75, 3.05) is 0 Å². The van der Waals surface area contributed by atoms with Gasteiger partial charge in [0.1, 0.15) is 5.82 Å². The molecule has 1 heterocycles. The molecular weight excluding hydrogens is 282 g/mol. The average Bonchev–Trinajstić information content (AvgIpc) is 3.25. The molecule has 2 aromatic rings. The molecule has 1 aliphatic rings. The number of benzene rings is 1. The molecule has 1 aromatic carbocycles. The van der Waals surface area contributed by atoms with E-state index in [1.165, 1.54) is 24.6 Å². The molecule has 21 heavy (non-hydrogen) atoms. The molecule has 0 aliphatic heterocycles. The average molecular weight is 301 g/mol. The lowest BCUT2D eigenvalue weighted by Gasteiger charge is -2.10. The Hall–Kier alpha value is -1.62. The second kappa shape index (κ2) is 5.64. The molecule has 0 saturated heterocycles. The molecule has 0 radical (unpaired) electrons. The minimum Gasteiger partial charge on any atom is -0.309 e. The largest absolute Gasteiger partial charge is 0.309 e. The van der Waals surface area contributed by atoms with Gasteiger partial charge in [0, 0.05) is 18.5 Å². The van der Waals surface area contributed by atoms with Crippen molar-refractivity contribution in [2.45, 2.75) is 43.0 Å². The fourth-order valence-electron chi connectivity index (χ4n) is 2.29. The Morgan fingerprint density at radius 2 is 1.95 bits per heavy atom. The molecule has 0 bridgehead atoms. The first-order valence-corrected chi connectivity index (χ1v) is 8.11. The van der Waals surface area contributed by atoms with Crippen LogP contribution in [0.1, 0.15) is 47.4 Å². The molecule has 1 aromatic heterocycles. The van der Waals surface area contributed by atoms with Crippen LogP contribution < -0.4 is 0 Å². The van der Waals surface area contributed by atoms with Crippen LogP contribution in [0.4, 0.5) is 0 Å². The van der Waals surface area contributed by atoms with E-state index in [1.807, 2.05) is 49.7 Å². The van der Waals surface area contributed by atoms with Gasteiger partial charge in [0.15, 0.2) is 10.9 Å². The summed E-state index contributed by atoms with van der Waals surface area (Å²) in [6, 6.07) is 7.72. The number of Topliss-reactive ketones (excluding diaryl/α,β-unsaturated/α-hetero) is 1. The van der Waals surface area contributed by atoms with Gasteiger partial charge in [-0.1, -0.05) is 41.6 Å². The second-order valence-corrected chi connectivity index (χ2v) is 6.97. The molecule has 0 spiro atoms. The number of carbonyl (C=O) groups is 1. The first-order chi connectivity index (χ1) is 10.1. The number of nitrogens with zero attached hydrogens (tertiary/aromatic N) is 3. The van der Waals surface area contributed by atoms with Crippen molar-refractivity contribution in [1.29, 1.82) is 0 Å². The van der Waals surface area contributed by atoms with Crippen LogP contribution in [0.25, 0.3) is 0 Å². The predicted octanol–water partition coefficient (Wildman–Crippen LogP) is 3.36. The summed E-state index contributed by atoms with van der Waals surface area (Å²) < 4.78 is 2.03. The lowest BCUT2D eigenvalue weighted by atomic mass is 10.1. The third-order valence-corrected chi connectivity index (χ3v) is 4.93. The molecule has 3 rings (SSSR count). The van der Waals surface area contributed by atoms with Gasteiger partial charge in [-0.15, -0.1) is 10.2 Å². The maximum atomic E-state index is 12.4. The van der Waals surface area contributed by atoms with E-state index in [0.717, 1.165) is 22.1 Å². The highest BCUT2D eigenvalue weighted by Gasteiger charge is 2.30. The van der Waals surface area contributed by atoms with Gasteiger partial charge in [0.25, 0.3) is 0 Å². The fourth-order valence-corrected chi connectivity index (χ4v) is 3.19. The van der Waals surface area contributed by atoms with Gasteiger partial charge >= 0.3 is 0 Å². The molecule has 1 aliphatic carbocycles. The van der Waals surface area contributed by atoms with Gasteiger partial charge in [-0.3, -0.25) is 4.79 Å². The van der Waals surface area contributed by atoms with Crippen molar-refractivity contribution >= 4 is 17.5 Å². The number of aryl methyl sites for hydroxylation is 1. The Bertz CT molecular complexity index is 659. The van der Waals surface area contributed by atoms with Crippen LogP contribution in [0.5, 0.6) is 0 Å². The summed E-state index contributed by atoms with van der Waals surface area (Å²) in [5.74, 6) is 1.75. The van der Waals surface area contributed by atoms with Gasteiger partial charge < -0.3 is 4.57 Å². The SMILES string of the molecule is Cc1ccc(C(=O)[C@@H](C)Sc2nnc(C3CC3)n2C)cc1. The number of carbonyl (C=O) groups excluding carboxylic acids is 1. The quantitative estimate of drug-likeness (QED) is 0.627. The Morgan fingerprint density at radius 3 is 2.57 bits per heavy atom. The predicted molar refractivity (Wildman–Crippen MR) is 83.8 cm³/mol. The zero-order valence-corrected chi connectivity index (χ0v) is 13.4. The molecule has 1 fully saturated rings. The van der Waals surface area contributed by atoms with Crippen LogP contribution in [0.15, 0.2) is 29.4 Å². The first-order valence-electron chi connectivity index (χ1n) is 7.23. The summed E-state index contributed by atoms with van der Waals surface area (Å²) in [5, 5.41) is 9.15. The Balaban J connectivity index is 1.72. The van der Waals surface area contributed by atoms with Gasteiger partial charge in [0.2, 0.25) is 0 Å². The minimum absolute atomic E-state index is 0.135. The highest BCUT2D eigenvalue weighted by atomic mass is 32.2. The van der Waals surface area contributed by atoms with Gasteiger partial charge in [-0.05, 0) is 26.7 Å². The van der Waals surface area contributed by atoms with Crippen LogP contribution in [-0.2, 0) is 7.05 Å². The van der Waals surface area contributed by atoms with Crippen molar-refractivity contribution in [2.24, 2.45) is 7.05 Å². The summed E-state index contributed by atoms with van der Waals surface area (Å²) in [6.07, 6.45) is 2.41. The van der Waals surface area contributed by atoms with Crippen molar-refractivity contribution in [3.63, 3.8) is 0 Å². The maximum absolute atomic E-state index is 12.4. The van der Waals surface area contributed by atoms with Crippen molar-refractivity contribution in [1.82, 2.24) is 14.8 Å². The Morgan fingerprint density at radius 1 is 1.29 bits per heavy atom. The lowest BCUT2D eigenvalue weighted by molar-refractivity contribution is 0.0994. The number of aromatic nitrogens is 3. The van der Waals surface area contributed by atoms with Gasteiger partial charge in [0.05, 0.1) is 5.25 Å². The topological polar surface area (TPSA) is 47.8 Å². The molecule has 4 nitrogen and oxygen atoms in total. The highest BCUT2D eigenvalue weighted by molar-refractivity contribution is 8.00. The molecule has 0 N–H and O–H groups in total. The van der Waals surface area contributed by atoms with Crippen LogP contribution in [0.2, 0.25) is 0 Å². The summed E-state index contributed by atoms with van der Waals surface area (Å²) in [6.45, 7) is 3.95. The number of rotatable bonds is 5. The summed E-state index contributed by atoms with van der Waals surface area (Å²) >= 11 is 1.48. The van der Waals surface area contributed by atoms with E-state index in [2.05, 4.69) is 10.2 Å². The molecule has 0 amide bonds. The molecule has 1 atom stereocenters. The summed E-state index contributed by atoms with van der Waals surface area (Å²) in [7, 11) is 1.99. The third-order valence-electron chi connectivity index (χ3n) is 3.80. The monoisotopic (exact) mass is 301 g/mol. The fraction of sp³-hybridized carbons (Fsp3) is 0.438. The maximum Gasteiger partial charge on any atom is 0.191 e. The Kier molecular flexibility index (Phi) is 3.85. The summed E-state index contributed by atoms with van der Waals surface area (Å²) in [4.78, 5) is 12.4. The van der Waals surface area contributed by atoms with Crippen molar-refractivity contribution < 1.29 is 4.79 Å². The molecular formula is C16H19N3OS. The highest BCUT2D eigenvalue weighted by Crippen LogP contribution is 2.39. The zero-order valence-electron chi connectivity index (χ0n) is 12.5. The van der Waals surface area contributed by atoms with E-state index in [1.54, 1.807) is 0 Å². The molecule has 0 unspecified atom stereocenters. The zero-order chi connectivity index (χ0) is 15.0. The van der Waals surface area contributed by atoms with Crippen LogP contribution in [0, 0.1) is 6.92 Å². The standard InChI is InChI=1S/C16H19N3OS/c1-10-4-6-12(7-5-10)14(20)11(2)21-16-18-17-15(19(16)3)13-8-9-13/h4-7,11,13H,8-9H2,1-3H3/t11-/m1/s1. The van der Waals surface area contributed by atoms with E-state index in [-0.39, 0.29) is 11.0 Å². The van der Waals surface area contributed by atoms with Crippen LogP contribution in [-0.4, -0.2) is 25.8 Å². The van der Waals surface area contributed by atoms with E-state index >= 15 is 0 Å². The minimum atomic E-state index is -0.164. The lowest BCUT2D eigenvalue weighted by Crippen LogP contribution is -2.14. The van der Waals surface area contributed by atoms with Crippen LogP contribution in [0.3, 0.4) is 0 Å². The Labute approximate surface area is 129 Å². The third kappa shape index (κ3) is 3.02. The van der Waals surface area contributed by atoms with E-state index in [0.29, 0.717) is 5.92 Å². The second-order valence-electron chi connectivity index (χ2n) is 5.66. The normalized spacial score (nSPS) is 16.0. The van der Waals surface area contributed by atoms with Crippen LogP contribution >= 0.6 is 11.8 Å². The van der Waals surface area contributed by atoms with E-state index < -0.39 is 0 Å². The molecule has 5 heteroatoms. The van der Waals surface area contributed by atoms with Gasteiger partial charge in [-0.25, -0.2) is 0 Å². The smallest absolute Gasteiger partial charge is 0.191 e. The number of hydrogen-bond acceptors (Lipinski definition) is 4. The van der Waals surface area contributed by atoms with Gasteiger partial charge in [-0.2, -0.15) is 0 Å². The summed E-state index contributed by atoms with van der Waals surface area (Å²) in [5.41, 5.74) is 1.92. The number of thioether (sulfide) groups is 1. The van der Waals surface area contributed by atoms with E-state index in [4.69, 9.17) is 0 Å². The van der Waals surface area contributed by atoms with Crippen molar-refractivity contribution in [3.05, 3.63) is 41.2 Å². The molecule has 110 valence electrons. The first kappa shape index (κ1) is 14.3. The number of ketones is 1. The van der Waals surface area contributed by atoms with Crippen molar-refractivity contribution in [3.8, 4) is 0 Å². The molecule has 1 saturated carbocycles.